The van der Waals surface area contributed by atoms with Gasteiger partial charge in [0.15, 0.2) is 0 Å². The Hall–Kier alpha value is -4.25. The second-order valence-electron chi connectivity index (χ2n) is 7.86. The predicted octanol–water partition coefficient (Wildman–Crippen LogP) is 5.67. The second kappa shape index (κ2) is 9.92. The van der Waals surface area contributed by atoms with E-state index in [1.807, 2.05) is 85.8 Å². The van der Waals surface area contributed by atoms with Crippen molar-refractivity contribution in [1.82, 2.24) is 10.3 Å². The highest BCUT2D eigenvalue weighted by atomic mass is 16.4. The molecule has 4 aromatic rings. The molecule has 0 bridgehead atoms. The number of nitrogens with zero attached hydrogens (tertiary/aromatic N) is 1. The average molecular weight is 437 g/mol. The molecule has 164 valence electrons. The number of pyridine rings is 1. The molecule has 5 heteroatoms. The van der Waals surface area contributed by atoms with E-state index in [4.69, 9.17) is 0 Å². The number of aliphatic carboxylic acids is 1. The molecule has 0 unspecified atom stereocenters. The van der Waals surface area contributed by atoms with E-state index in [0.717, 1.165) is 27.8 Å². The third kappa shape index (κ3) is 5.33. The normalized spacial score (nSPS) is 11.5. The minimum Gasteiger partial charge on any atom is -0.481 e. The van der Waals surface area contributed by atoms with Crippen molar-refractivity contribution in [2.45, 2.75) is 19.4 Å². The van der Waals surface area contributed by atoms with Gasteiger partial charge in [-0.2, -0.15) is 0 Å². The fourth-order valence-corrected chi connectivity index (χ4v) is 3.85. The zero-order chi connectivity index (χ0) is 23.2. The van der Waals surface area contributed by atoms with E-state index in [1.165, 1.54) is 0 Å². The first kappa shape index (κ1) is 22.0. The molecule has 1 heterocycles. The van der Waals surface area contributed by atoms with Gasteiger partial charge in [-0.1, -0.05) is 72.8 Å². The lowest BCUT2D eigenvalue weighted by Crippen LogP contribution is -2.30. The fraction of sp³-hybridized carbons (Fsp3) is 0.107. The van der Waals surface area contributed by atoms with Crippen LogP contribution in [0.25, 0.3) is 22.4 Å². The topological polar surface area (TPSA) is 79.3 Å². The SMILES string of the molecule is Cc1ccccc1[C@H](CC(=O)O)NC(=O)c1ccnc(-c2cccc(-c3ccccc3)c2)c1. The van der Waals surface area contributed by atoms with Crippen LogP contribution in [0.4, 0.5) is 0 Å². The average Bonchev–Trinajstić information content (AvgIpc) is 2.84. The Morgan fingerprint density at radius 3 is 2.30 bits per heavy atom. The number of carboxylic acids is 1. The molecule has 0 fully saturated rings. The number of amides is 1. The van der Waals surface area contributed by atoms with Gasteiger partial charge >= 0.3 is 5.97 Å². The number of nitrogens with one attached hydrogen (secondary N) is 1. The minimum absolute atomic E-state index is 0.201. The van der Waals surface area contributed by atoms with Crippen LogP contribution < -0.4 is 5.32 Å². The molecule has 1 atom stereocenters. The van der Waals surface area contributed by atoms with Crippen LogP contribution in [0.5, 0.6) is 0 Å². The number of carboxylic acid groups (broad SMARTS) is 1. The highest BCUT2D eigenvalue weighted by Gasteiger charge is 2.20. The van der Waals surface area contributed by atoms with Gasteiger partial charge in [-0.3, -0.25) is 14.6 Å². The third-order valence-electron chi connectivity index (χ3n) is 5.54. The Morgan fingerprint density at radius 2 is 1.55 bits per heavy atom. The van der Waals surface area contributed by atoms with E-state index >= 15 is 0 Å². The van der Waals surface area contributed by atoms with E-state index in [0.29, 0.717) is 11.3 Å². The molecule has 0 spiro atoms. The lowest BCUT2D eigenvalue weighted by atomic mass is 9.98. The van der Waals surface area contributed by atoms with Crippen molar-refractivity contribution in [2.24, 2.45) is 0 Å². The van der Waals surface area contributed by atoms with Crippen molar-refractivity contribution in [3.8, 4) is 22.4 Å². The largest absolute Gasteiger partial charge is 0.481 e. The van der Waals surface area contributed by atoms with E-state index in [1.54, 1.807) is 18.3 Å². The minimum atomic E-state index is -0.975. The zero-order valence-electron chi connectivity index (χ0n) is 18.2. The van der Waals surface area contributed by atoms with E-state index in [9.17, 15) is 14.7 Å². The summed E-state index contributed by atoms with van der Waals surface area (Å²) < 4.78 is 0. The van der Waals surface area contributed by atoms with Gasteiger partial charge in [0, 0.05) is 17.3 Å². The summed E-state index contributed by atoms with van der Waals surface area (Å²) in [6, 6.07) is 28.3. The lowest BCUT2D eigenvalue weighted by Gasteiger charge is -2.19. The summed E-state index contributed by atoms with van der Waals surface area (Å²) in [5, 5.41) is 12.3. The van der Waals surface area contributed by atoms with Gasteiger partial charge in [0.05, 0.1) is 18.2 Å². The van der Waals surface area contributed by atoms with Crippen molar-refractivity contribution in [3.05, 3.63) is 114 Å². The Labute approximate surface area is 192 Å². The zero-order valence-corrected chi connectivity index (χ0v) is 18.2. The van der Waals surface area contributed by atoms with Crippen molar-refractivity contribution >= 4 is 11.9 Å². The number of carbonyl (C=O) groups is 2. The summed E-state index contributed by atoms with van der Waals surface area (Å²) in [5.41, 5.74) is 5.87. The molecule has 0 saturated carbocycles. The quantitative estimate of drug-likeness (QED) is 0.391. The maximum atomic E-state index is 13.1. The van der Waals surface area contributed by atoms with Crippen LogP contribution in [0.15, 0.2) is 97.2 Å². The van der Waals surface area contributed by atoms with Crippen molar-refractivity contribution < 1.29 is 14.7 Å². The second-order valence-corrected chi connectivity index (χ2v) is 7.86. The summed E-state index contributed by atoms with van der Waals surface area (Å²) in [6.45, 7) is 1.90. The number of hydrogen-bond donors (Lipinski definition) is 2. The molecule has 1 amide bonds. The number of carbonyl (C=O) groups excluding carboxylic acids is 1. The summed E-state index contributed by atoms with van der Waals surface area (Å²) in [6.07, 6.45) is 1.40. The molecular formula is C28H24N2O3. The number of aromatic nitrogens is 1. The van der Waals surface area contributed by atoms with Crippen molar-refractivity contribution in [3.63, 3.8) is 0 Å². The van der Waals surface area contributed by atoms with Crippen LogP contribution in [0, 0.1) is 6.92 Å². The molecule has 5 nitrogen and oxygen atoms in total. The number of rotatable bonds is 7. The molecule has 33 heavy (non-hydrogen) atoms. The summed E-state index contributed by atoms with van der Waals surface area (Å²) >= 11 is 0. The van der Waals surface area contributed by atoms with Crippen molar-refractivity contribution in [2.75, 3.05) is 0 Å². The molecule has 4 rings (SSSR count). The highest BCUT2D eigenvalue weighted by molar-refractivity contribution is 5.95. The van der Waals surface area contributed by atoms with Crippen LogP contribution in [0.1, 0.15) is 33.9 Å². The first-order valence-electron chi connectivity index (χ1n) is 10.7. The monoisotopic (exact) mass is 436 g/mol. The predicted molar refractivity (Wildman–Crippen MR) is 129 cm³/mol. The van der Waals surface area contributed by atoms with Crippen LogP contribution in [-0.4, -0.2) is 22.0 Å². The van der Waals surface area contributed by atoms with Gasteiger partial charge < -0.3 is 10.4 Å². The Kier molecular flexibility index (Phi) is 6.60. The fourth-order valence-electron chi connectivity index (χ4n) is 3.85. The maximum absolute atomic E-state index is 13.1. The molecule has 3 aromatic carbocycles. The first-order chi connectivity index (χ1) is 16.0. The molecule has 0 saturated heterocycles. The van der Waals surface area contributed by atoms with Gasteiger partial charge in [-0.15, -0.1) is 0 Å². The summed E-state index contributed by atoms with van der Waals surface area (Å²) in [7, 11) is 0. The number of hydrogen-bond acceptors (Lipinski definition) is 3. The van der Waals surface area contributed by atoms with Gasteiger partial charge in [0.2, 0.25) is 0 Å². The third-order valence-corrected chi connectivity index (χ3v) is 5.54. The van der Waals surface area contributed by atoms with Gasteiger partial charge in [0.1, 0.15) is 0 Å². The number of aryl methyl sites for hydroxylation is 1. The Balaban J connectivity index is 1.60. The standard InChI is InChI=1S/C28H24N2O3/c1-19-8-5-6-13-24(19)26(18-27(31)32)30-28(33)23-14-15-29-25(17-23)22-12-7-11-21(16-22)20-9-3-2-4-10-20/h2-17,26H,18H2,1H3,(H,30,33)(H,31,32)/t26-/m0/s1. The highest BCUT2D eigenvalue weighted by Crippen LogP contribution is 2.26. The molecule has 1 aromatic heterocycles. The van der Waals surface area contributed by atoms with Crippen LogP contribution in [-0.2, 0) is 4.79 Å². The van der Waals surface area contributed by atoms with Crippen LogP contribution in [0.2, 0.25) is 0 Å². The molecular weight excluding hydrogens is 412 g/mol. The van der Waals surface area contributed by atoms with E-state index in [2.05, 4.69) is 10.3 Å². The molecule has 0 aliphatic carbocycles. The van der Waals surface area contributed by atoms with Gasteiger partial charge in [-0.25, -0.2) is 0 Å². The summed E-state index contributed by atoms with van der Waals surface area (Å²) in [4.78, 5) is 29.0. The molecule has 0 aliphatic rings. The first-order valence-corrected chi connectivity index (χ1v) is 10.7. The molecule has 0 radical (unpaired) electrons. The smallest absolute Gasteiger partial charge is 0.305 e. The summed E-state index contributed by atoms with van der Waals surface area (Å²) in [5.74, 6) is -1.32. The van der Waals surface area contributed by atoms with Crippen molar-refractivity contribution in [1.29, 1.82) is 0 Å². The maximum Gasteiger partial charge on any atom is 0.305 e. The Bertz CT molecular complexity index is 1290. The molecule has 2 N–H and O–H groups in total. The van der Waals surface area contributed by atoms with Crippen LogP contribution in [0.3, 0.4) is 0 Å². The lowest BCUT2D eigenvalue weighted by molar-refractivity contribution is -0.137. The van der Waals surface area contributed by atoms with E-state index < -0.39 is 12.0 Å². The van der Waals surface area contributed by atoms with Gasteiger partial charge in [-0.05, 0) is 47.4 Å². The number of benzene rings is 3. The van der Waals surface area contributed by atoms with Crippen LogP contribution >= 0.6 is 0 Å². The van der Waals surface area contributed by atoms with E-state index in [-0.39, 0.29) is 12.3 Å². The van der Waals surface area contributed by atoms with Gasteiger partial charge in [0.25, 0.3) is 5.91 Å². The molecule has 0 aliphatic heterocycles. The Morgan fingerprint density at radius 1 is 0.848 bits per heavy atom.